The lowest BCUT2D eigenvalue weighted by atomic mass is 9.91. The third kappa shape index (κ3) is 6.16. The molecule has 1 unspecified atom stereocenters. The summed E-state index contributed by atoms with van der Waals surface area (Å²) in [5.74, 6) is -0.602. The highest BCUT2D eigenvalue weighted by Gasteiger charge is 2.50. The van der Waals surface area contributed by atoms with E-state index in [9.17, 15) is 14.7 Å². The normalized spacial score (nSPS) is 22.1. The number of hydrogen-bond donors (Lipinski definition) is 3. The molecule has 10 nitrogen and oxygen atoms in total. The number of carbonyl (C=O) groups excluding carboxylic acids is 1. The molecule has 212 valence electrons. The Balaban J connectivity index is 1.75. The largest absolute Gasteiger partial charge is 0.409 e. The van der Waals surface area contributed by atoms with Crippen LogP contribution in [-0.2, 0) is 20.4 Å². The Bertz CT molecular complexity index is 1350. The standard InChI is InChI=1S/C28H41N5O5Si/c1-17(2)24(35)31-27-30-23-21(25(36)32-27)29-16-33(23)26-22(38-39(6,7)28(3,4)5)19(20(15-34)37-26)14-13-18-11-9-8-10-12-18/h8-12,16-17,19-20,22,26,34H,13-15H2,1-7H3,(H2,30,31,32,35,36)/t19-,20+,22?,26+/m0/s1. The number of hydrogen-bond acceptors (Lipinski definition) is 7. The van der Waals surface area contributed by atoms with E-state index in [1.54, 1.807) is 18.4 Å². The molecule has 1 saturated heterocycles. The number of H-pyrrole nitrogens is 1. The summed E-state index contributed by atoms with van der Waals surface area (Å²) in [7, 11) is -2.28. The minimum atomic E-state index is -2.28. The maximum atomic E-state index is 12.8. The minimum Gasteiger partial charge on any atom is -0.409 e. The van der Waals surface area contributed by atoms with Crippen LogP contribution in [-0.4, -0.2) is 57.7 Å². The number of aliphatic hydroxyl groups is 1. The monoisotopic (exact) mass is 555 g/mol. The van der Waals surface area contributed by atoms with Crippen molar-refractivity contribution < 1.29 is 19.1 Å². The van der Waals surface area contributed by atoms with Crippen molar-refractivity contribution in [1.29, 1.82) is 0 Å². The van der Waals surface area contributed by atoms with Crippen LogP contribution in [0.15, 0.2) is 41.5 Å². The van der Waals surface area contributed by atoms with E-state index >= 15 is 0 Å². The first-order valence-electron chi connectivity index (χ1n) is 13.6. The molecular weight excluding hydrogens is 514 g/mol. The number of aliphatic hydroxyl groups excluding tert-OH is 1. The summed E-state index contributed by atoms with van der Waals surface area (Å²) < 4.78 is 15.2. The van der Waals surface area contributed by atoms with E-state index < -0.39 is 32.3 Å². The number of imidazole rings is 1. The quantitative estimate of drug-likeness (QED) is 0.337. The van der Waals surface area contributed by atoms with Gasteiger partial charge in [-0.05, 0) is 36.5 Å². The highest BCUT2D eigenvalue weighted by molar-refractivity contribution is 6.74. The molecule has 1 fully saturated rings. The zero-order valence-corrected chi connectivity index (χ0v) is 24.9. The molecule has 4 atom stereocenters. The second kappa shape index (κ2) is 11.3. The lowest BCUT2D eigenvalue weighted by Gasteiger charge is -2.41. The maximum absolute atomic E-state index is 12.8. The lowest BCUT2D eigenvalue weighted by Crippen LogP contribution is -2.47. The molecule has 3 aromatic rings. The molecule has 1 amide bonds. The first kappa shape index (κ1) is 29.1. The van der Waals surface area contributed by atoms with Gasteiger partial charge in [0, 0.05) is 11.8 Å². The molecule has 0 bridgehead atoms. The number of aromatic nitrogens is 4. The second-order valence-electron chi connectivity index (χ2n) is 12.2. The molecule has 1 aromatic carbocycles. The fourth-order valence-corrected chi connectivity index (χ4v) is 5.93. The van der Waals surface area contributed by atoms with Gasteiger partial charge in [0.15, 0.2) is 25.7 Å². The molecule has 1 aliphatic heterocycles. The van der Waals surface area contributed by atoms with Gasteiger partial charge in [-0.2, -0.15) is 4.98 Å². The van der Waals surface area contributed by atoms with E-state index in [1.165, 1.54) is 11.9 Å². The van der Waals surface area contributed by atoms with E-state index in [1.807, 2.05) is 18.2 Å². The summed E-state index contributed by atoms with van der Waals surface area (Å²) in [6.45, 7) is 14.3. The van der Waals surface area contributed by atoms with Crippen molar-refractivity contribution in [3.63, 3.8) is 0 Å². The summed E-state index contributed by atoms with van der Waals surface area (Å²) in [5, 5.41) is 13.0. The van der Waals surface area contributed by atoms with E-state index in [-0.39, 0.29) is 46.5 Å². The number of ether oxygens (including phenoxy) is 1. The van der Waals surface area contributed by atoms with Crippen molar-refractivity contribution in [2.45, 2.75) is 84.0 Å². The number of rotatable bonds is 9. The maximum Gasteiger partial charge on any atom is 0.280 e. The van der Waals surface area contributed by atoms with Crippen LogP contribution in [0.1, 0.15) is 52.8 Å². The van der Waals surface area contributed by atoms with E-state index in [4.69, 9.17) is 9.16 Å². The fraction of sp³-hybridized carbons (Fsp3) is 0.571. The lowest BCUT2D eigenvalue weighted by molar-refractivity contribution is -0.118. The fourth-order valence-electron chi connectivity index (χ4n) is 4.61. The van der Waals surface area contributed by atoms with Gasteiger partial charge in [0.2, 0.25) is 11.9 Å². The van der Waals surface area contributed by atoms with E-state index in [2.05, 4.69) is 66.3 Å². The highest BCUT2D eigenvalue weighted by Crippen LogP contribution is 2.45. The number of carbonyl (C=O) groups is 1. The van der Waals surface area contributed by atoms with Gasteiger partial charge < -0.3 is 14.3 Å². The number of nitrogens with one attached hydrogen (secondary N) is 2. The van der Waals surface area contributed by atoms with Crippen molar-refractivity contribution in [1.82, 2.24) is 19.5 Å². The number of amides is 1. The minimum absolute atomic E-state index is 0.0483. The molecule has 11 heteroatoms. The third-order valence-corrected chi connectivity index (χ3v) is 12.5. The molecule has 4 rings (SSSR count). The number of nitrogens with zero attached hydrogens (tertiary/aromatic N) is 3. The average molecular weight is 556 g/mol. The molecule has 1 aliphatic rings. The number of aromatic amines is 1. The van der Waals surface area contributed by atoms with Crippen molar-refractivity contribution in [3.05, 3.63) is 52.6 Å². The SMILES string of the molecule is CC(C)C(=O)Nc1nc2c(ncn2[C@@H]2O[C@H](CO)[C@H](CCc3ccccc3)C2O[Si](C)(C)C(C)(C)C)c(=O)[nH]1. The van der Waals surface area contributed by atoms with Gasteiger partial charge in [-0.15, -0.1) is 0 Å². The third-order valence-electron chi connectivity index (χ3n) is 7.99. The van der Waals surface area contributed by atoms with E-state index in [0.29, 0.717) is 0 Å². The number of aryl methyl sites for hydroxylation is 1. The van der Waals surface area contributed by atoms with Crippen LogP contribution in [0.4, 0.5) is 5.95 Å². The first-order valence-corrected chi connectivity index (χ1v) is 16.5. The van der Waals surface area contributed by atoms with Gasteiger partial charge in [0.1, 0.15) is 0 Å². The van der Waals surface area contributed by atoms with Gasteiger partial charge in [-0.3, -0.25) is 24.5 Å². The number of anilines is 1. The molecule has 0 radical (unpaired) electrons. The predicted octanol–water partition coefficient (Wildman–Crippen LogP) is 4.24. The van der Waals surface area contributed by atoms with Crippen LogP contribution in [0, 0.1) is 11.8 Å². The molecule has 3 heterocycles. The predicted molar refractivity (Wildman–Crippen MR) is 153 cm³/mol. The van der Waals surface area contributed by atoms with Crippen LogP contribution in [0.2, 0.25) is 18.1 Å². The van der Waals surface area contributed by atoms with Gasteiger partial charge in [0.05, 0.1) is 25.1 Å². The summed E-state index contributed by atoms with van der Waals surface area (Å²) in [5.41, 5.74) is 1.17. The molecule has 0 spiro atoms. The number of benzene rings is 1. The molecular formula is C28H41N5O5Si. The van der Waals surface area contributed by atoms with Crippen LogP contribution < -0.4 is 10.9 Å². The number of fused-ring (bicyclic) bond motifs is 1. The Morgan fingerprint density at radius 2 is 1.95 bits per heavy atom. The van der Waals surface area contributed by atoms with Crippen molar-refractivity contribution in [2.24, 2.45) is 11.8 Å². The highest BCUT2D eigenvalue weighted by atomic mass is 28.4. The second-order valence-corrected chi connectivity index (χ2v) is 16.9. The van der Waals surface area contributed by atoms with Gasteiger partial charge in [-0.1, -0.05) is 65.0 Å². The zero-order chi connectivity index (χ0) is 28.5. The van der Waals surface area contributed by atoms with Crippen molar-refractivity contribution in [2.75, 3.05) is 11.9 Å². The van der Waals surface area contributed by atoms with Crippen LogP contribution >= 0.6 is 0 Å². The molecule has 3 N–H and O–H groups in total. The van der Waals surface area contributed by atoms with Gasteiger partial charge >= 0.3 is 0 Å². The summed E-state index contributed by atoms with van der Waals surface area (Å²) >= 11 is 0. The Labute approximate surface area is 230 Å². The van der Waals surface area contributed by atoms with Crippen LogP contribution in [0.5, 0.6) is 0 Å². The molecule has 0 aliphatic carbocycles. The Hall–Kier alpha value is -2.86. The summed E-state index contributed by atoms with van der Waals surface area (Å²) in [4.78, 5) is 36.6. The Morgan fingerprint density at radius 3 is 2.56 bits per heavy atom. The molecule has 2 aromatic heterocycles. The van der Waals surface area contributed by atoms with Crippen LogP contribution in [0.25, 0.3) is 11.2 Å². The zero-order valence-electron chi connectivity index (χ0n) is 23.9. The van der Waals surface area contributed by atoms with E-state index in [0.717, 1.165) is 12.8 Å². The summed E-state index contributed by atoms with van der Waals surface area (Å²) in [6.07, 6.45) is 1.56. The molecule has 39 heavy (non-hydrogen) atoms. The smallest absolute Gasteiger partial charge is 0.280 e. The Kier molecular flexibility index (Phi) is 8.46. The van der Waals surface area contributed by atoms with Crippen molar-refractivity contribution >= 4 is 31.3 Å². The average Bonchev–Trinajstić information content (AvgIpc) is 3.43. The van der Waals surface area contributed by atoms with Gasteiger partial charge in [0.25, 0.3) is 5.56 Å². The Morgan fingerprint density at radius 1 is 1.26 bits per heavy atom. The first-order chi connectivity index (χ1) is 18.3. The van der Waals surface area contributed by atoms with Crippen LogP contribution in [0.3, 0.4) is 0 Å². The van der Waals surface area contributed by atoms with Gasteiger partial charge in [-0.25, -0.2) is 4.98 Å². The van der Waals surface area contributed by atoms with Crippen molar-refractivity contribution in [3.8, 4) is 0 Å². The summed E-state index contributed by atoms with van der Waals surface area (Å²) in [6, 6.07) is 10.2. The topological polar surface area (TPSA) is 131 Å². The molecule has 0 saturated carbocycles.